The molecule has 3 aromatic rings. The van der Waals surface area contributed by atoms with Crippen molar-refractivity contribution in [2.45, 2.75) is 19.6 Å². The van der Waals surface area contributed by atoms with E-state index in [9.17, 15) is 9.59 Å². The lowest BCUT2D eigenvalue weighted by Gasteiger charge is -2.37. The summed E-state index contributed by atoms with van der Waals surface area (Å²) in [6.07, 6.45) is 1.53. The van der Waals surface area contributed by atoms with E-state index in [1.807, 2.05) is 23.4 Å². The molecule has 5 rings (SSSR count). The molecule has 0 saturated carbocycles. The van der Waals surface area contributed by atoms with Gasteiger partial charge < -0.3 is 23.8 Å². The predicted octanol–water partition coefficient (Wildman–Crippen LogP) is 2.10. The van der Waals surface area contributed by atoms with Crippen LogP contribution in [-0.2, 0) is 11.3 Å². The van der Waals surface area contributed by atoms with Crippen LogP contribution in [0.4, 0.5) is 15.2 Å². The molecule has 1 amide bonds. The molecule has 0 bridgehead atoms. The van der Waals surface area contributed by atoms with Crippen molar-refractivity contribution in [2.24, 2.45) is 0 Å². The Hall–Kier alpha value is -3.09. The molecular formula is C22H25FN6O4S. The molecule has 4 heterocycles. The van der Waals surface area contributed by atoms with Gasteiger partial charge in [0.2, 0.25) is 10.6 Å². The van der Waals surface area contributed by atoms with E-state index in [1.165, 1.54) is 19.4 Å². The molecule has 2 aromatic heterocycles. The Bertz CT molecular complexity index is 1320. The first-order valence-electron chi connectivity index (χ1n) is 11.0. The summed E-state index contributed by atoms with van der Waals surface area (Å²) in [4.78, 5) is 30.5. The van der Waals surface area contributed by atoms with Crippen LogP contribution in [0.2, 0.25) is 0 Å². The van der Waals surface area contributed by atoms with Gasteiger partial charge in [-0.2, -0.15) is 0 Å². The second-order valence-electron chi connectivity index (χ2n) is 8.55. The standard InChI is InChI=1S/C22H25FN6O4S/c1-12-10-33-20-17-13(8-15(23)18(20)28-6-4-27(2)5-7-28)19(30)14(9-29(12)17)21(31)24-22-26-25-16(34-22)11-32-3/h8-9,12H,4-7,10-11H2,1-3H3,(H,24,26,31)/t12-/m0/s1. The molecule has 180 valence electrons. The topological polar surface area (TPSA) is 102 Å². The third-order valence-corrected chi connectivity index (χ3v) is 6.97. The summed E-state index contributed by atoms with van der Waals surface area (Å²) in [5.41, 5.74) is 0.224. The monoisotopic (exact) mass is 488 g/mol. The molecule has 12 heteroatoms. The van der Waals surface area contributed by atoms with E-state index in [2.05, 4.69) is 20.4 Å². The lowest BCUT2D eigenvalue weighted by Crippen LogP contribution is -2.45. The van der Waals surface area contributed by atoms with Gasteiger partial charge in [0.15, 0.2) is 11.6 Å². The van der Waals surface area contributed by atoms with E-state index in [0.717, 1.165) is 24.4 Å². The van der Waals surface area contributed by atoms with Gasteiger partial charge in [0, 0.05) is 39.5 Å². The number of amides is 1. The molecule has 2 aliphatic heterocycles. The molecule has 0 unspecified atom stereocenters. The van der Waals surface area contributed by atoms with E-state index in [4.69, 9.17) is 9.47 Å². The van der Waals surface area contributed by atoms with Gasteiger partial charge >= 0.3 is 0 Å². The van der Waals surface area contributed by atoms with Gasteiger partial charge in [-0.15, -0.1) is 10.2 Å². The van der Waals surface area contributed by atoms with Gasteiger partial charge in [-0.05, 0) is 20.0 Å². The number of anilines is 2. The number of hydrogen-bond donors (Lipinski definition) is 1. The zero-order chi connectivity index (χ0) is 24.0. The van der Waals surface area contributed by atoms with Crippen molar-refractivity contribution in [2.75, 3.05) is 57.2 Å². The Morgan fingerprint density at radius 2 is 2.09 bits per heavy atom. The second kappa shape index (κ2) is 8.93. The summed E-state index contributed by atoms with van der Waals surface area (Å²) < 4.78 is 28.3. The molecule has 0 radical (unpaired) electrons. The van der Waals surface area contributed by atoms with Crippen LogP contribution in [0.15, 0.2) is 17.1 Å². The lowest BCUT2D eigenvalue weighted by atomic mass is 10.0. The lowest BCUT2D eigenvalue weighted by molar-refractivity contribution is 0.102. The highest BCUT2D eigenvalue weighted by Crippen LogP contribution is 2.42. The van der Waals surface area contributed by atoms with Crippen LogP contribution < -0.4 is 20.4 Å². The van der Waals surface area contributed by atoms with Crippen molar-refractivity contribution in [1.82, 2.24) is 19.7 Å². The highest BCUT2D eigenvalue weighted by atomic mass is 32.1. The van der Waals surface area contributed by atoms with Crippen molar-refractivity contribution in [3.63, 3.8) is 0 Å². The number of ether oxygens (including phenoxy) is 2. The summed E-state index contributed by atoms with van der Waals surface area (Å²) in [7, 11) is 3.56. The number of methoxy groups -OCH3 is 1. The Morgan fingerprint density at radius 3 is 2.82 bits per heavy atom. The van der Waals surface area contributed by atoms with Crippen molar-refractivity contribution < 1.29 is 18.7 Å². The third-order valence-electron chi connectivity index (χ3n) is 6.16. The number of nitrogens with zero attached hydrogens (tertiary/aromatic N) is 5. The number of likely N-dealkylation sites (N-methyl/N-ethyl adjacent to an activating group) is 1. The third kappa shape index (κ3) is 3.91. The first-order valence-corrected chi connectivity index (χ1v) is 11.8. The number of rotatable bonds is 5. The van der Waals surface area contributed by atoms with Crippen LogP contribution in [-0.4, -0.2) is 72.5 Å². The van der Waals surface area contributed by atoms with Crippen LogP contribution in [0, 0.1) is 5.82 Å². The first kappa shape index (κ1) is 22.7. The Kier molecular flexibility index (Phi) is 5.96. The number of hydrogen-bond acceptors (Lipinski definition) is 9. The van der Waals surface area contributed by atoms with Gasteiger partial charge in [-0.3, -0.25) is 14.9 Å². The average Bonchev–Trinajstić information content (AvgIpc) is 3.25. The Morgan fingerprint density at radius 1 is 1.32 bits per heavy atom. The molecule has 34 heavy (non-hydrogen) atoms. The van der Waals surface area contributed by atoms with Gasteiger partial charge in [-0.25, -0.2) is 4.39 Å². The van der Waals surface area contributed by atoms with Gasteiger partial charge in [-0.1, -0.05) is 11.3 Å². The molecule has 2 aliphatic rings. The molecule has 1 N–H and O–H groups in total. The van der Waals surface area contributed by atoms with Crippen LogP contribution >= 0.6 is 11.3 Å². The number of nitrogens with one attached hydrogen (secondary N) is 1. The normalized spacial score (nSPS) is 18.2. The summed E-state index contributed by atoms with van der Waals surface area (Å²) in [5, 5.41) is 11.4. The average molecular weight is 489 g/mol. The summed E-state index contributed by atoms with van der Waals surface area (Å²) in [6.45, 7) is 5.41. The minimum Gasteiger partial charge on any atom is -0.487 e. The zero-order valence-corrected chi connectivity index (χ0v) is 19.9. The number of aromatic nitrogens is 3. The maximum Gasteiger partial charge on any atom is 0.262 e. The van der Waals surface area contributed by atoms with E-state index in [0.29, 0.717) is 41.7 Å². The van der Waals surface area contributed by atoms with Crippen molar-refractivity contribution in [3.05, 3.63) is 38.9 Å². The van der Waals surface area contributed by atoms with Crippen LogP contribution in [0.1, 0.15) is 28.3 Å². The molecule has 1 fully saturated rings. The van der Waals surface area contributed by atoms with Crippen LogP contribution in [0.25, 0.3) is 10.9 Å². The molecular weight excluding hydrogens is 463 g/mol. The highest BCUT2D eigenvalue weighted by Gasteiger charge is 2.31. The fourth-order valence-corrected chi connectivity index (χ4v) is 5.06. The van der Waals surface area contributed by atoms with Gasteiger partial charge in [0.05, 0.1) is 16.9 Å². The smallest absolute Gasteiger partial charge is 0.262 e. The molecule has 1 atom stereocenters. The zero-order valence-electron chi connectivity index (χ0n) is 19.1. The second-order valence-corrected chi connectivity index (χ2v) is 9.61. The van der Waals surface area contributed by atoms with Crippen molar-refractivity contribution in [1.29, 1.82) is 0 Å². The molecule has 1 aromatic carbocycles. The molecule has 0 spiro atoms. The van der Waals surface area contributed by atoms with Crippen molar-refractivity contribution in [3.8, 4) is 5.75 Å². The Balaban J connectivity index is 1.58. The van der Waals surface area contributed by atoms with Crippen molar-refractivity contribution >= 4 is 39.0 Å². The summed E-state index contributed by atoms with van der Waals surface area (Å²) in [6, 6.07) is 1.08. The fourth-order valence-electron chi connectivity index (χ4n) is 4.35. The minimum absolute atomic E-state index is 0.0950. The number of carbonyl (C=O) groups excluding carboxylic acids is 1. The predicted molar refractivity (Wildman–Crippen MR) is 127 cm³/mol. The quantitative estimate of drug-likeness (QED) is 0.583. The van der Waals surface area contributed by atoms with Gasteiger partial charge in [0.25, 0.3) is 5.91 Å². The maximum atomic E-state index is 15.4. The molecule has 1 saturated heterocycles. The van der Waals surface area contributed by atoms with Crippen LogP contribution in [0.3, 0.4) is 0 Å². The first-order chi connectivity index (χ1) is 16.4. The molecule has 10 nitrogen and oxygen atoms in total. The van der Waals surface area contributed by atoms with Crippen LogP contribution in [0.5, 0.6) is 5.75 Å². The highest BCUT2D eigenvalue weighted by molar-refractivity contribution is 7.15. The number of halogens is 1. The van der Waals surface area contributed by atoms with E-state index >= 15 is 4.39 Å². The fraction of sp³-hybridized carbons (Fsp3) is 0.455. The van der Waals surface area contributed by atoms with E-state index in [-0.39, 0.29) is 28.7 Å². The number of carbonyl (C=O) groups is 1. The molecule has 0 aliphatic carbocycles. The largest absolute Gasteiger partial charge is 0.487 e. The van der Waals surface area contributed by atoms with E-state index < -0.39 is 17.2 Å². The van der Waals surface area contributed by atoms with E-state index in [1.54, 1.807) is 0 Å². The Labute approximate surface area is 198 Å². The van der Waals surface area contributed by atoms with Gasteiger partial charge in [0.1, 0.15) is 29.5 Å². The number of pyridine rings is 1. The summed E-state index contributed by atoms with van der Waals surface area (Å²) >= 11 is 1.16. The summed E-state index contributed by atoms with van der Waals surface area (Å²) in [5.74, 6) is -0.800. The number of benzene rings is 1. The number of piperazine rings is 1. The SMILES string of the molecule is COCc1nnc(NC(=O)c2cn3c4c(c(N5CCN(C)CC5)c(F)cc4c2=O)OC[C@@H]3C)s1. The maximum absolute atomic E-state index is 15.4. The minimum atomic E-state index is -0.625.